The lowest BCUT2D eigenvalue weighted by Gasteiger charge is -2.33. The van der Waals surface area contributed by atoms with Gasteiger partial charge in [0.1, 0.15) is 6.17 Å². The summed E-state index contributed by atoms with van der Waals surface area (Å²) in [4.78, 5) is 11.3. The van der Waals surface area contributed by atoms with Crippen LogP contribution < -0.4 is 5.32 Å². The molecule has 2 atom stereocenters. The first-order chi connectivity index (χ1) is 16.3. The van der Waals surface area contributed by atoms with Gasteiger partial charge >= 0.3 is 0 Å². The van der Waals surface area contributed by atoms with Crippen LogP contribution in [0.4, 0.5) is 5.95 Å². The predicted octanol–water partition coefficient (Wildman–Crippen LogP) is 3.12. The Hall–Kier alpha value is -2.53. The van der Waals surface area contributed by atoms with Crippen molar-refractivity contribution in [2.75, 3.05) is 38.9 Å². The molecule has 4 rings (SSSR count). The van der Waals surface area contributed by atoms with Crippen LogP contribution in [0.3, 0.4) is 0 Å². The molecule has 10 heteroatoms. The molecule has 184 valence electrons. The molecule has 0 bridgehead atoms. The van der Waals surface area contributed by atoms with E-state index in [1.54, 1.807) is 13.3 Å². The van der Waals surface area contributed by atoms with Crippen LogP contribution in [0.2, 0.25) is 0 Å². The van der Waals surface area contributed by atoms with Crippen molar-refractivity contribution in [3.8, 4) is 11.3 Å². The van der Waals surface area contributed by atoms with Crippen molar-refractivity contribution in [3.05, 3.63) is 42.2 Å². The third-order valence-corrected chi connectivity index (χ3v) is 6.90. The highest BCUT2D eigenvalue weighted by atomic mass is 32.2. The Bertz CT molecular complexity index is 1240. The van der Waals surface area contributed by atoms with E-state index >= 15 is 0 Å². The smallest absolute Gasteiger partial charge is 0.264 e. The summed E-state index contributed by atoms with van der Waals surface area (Å²) in [6.07, 6.45) is 7.56. The lowest BCUT2D eigenvalue weighted by molar-refractivity contribution is 0.0287. The first kappa shape index (κ1) is 24.6. The van der Waals surface area contributed by atoms with Crippen molar-refractivity contribution in [2.45, 2.75) is 45.0 Å². The summed E-state index contributed by atoms with van der Waals surface area (Å²) in [6.45, 7) is 3.49. The number of aromatic nitrogens is 3. The summed E-state index contributed by atoms with van der Waals surface area (Å²) in [5.74, 6) is 0.487. The predicted molar refractivity (Wildman–Crippen MR) is 133 cm³/mol. The van der Waals surface area contributed by atoms with Gasteiger partial charge in [0.2, 0.25) is 5.95 Å². The molecule has 9 nitrogen and oxygen atoms in total. The summed E-state index contributed by atoms with van der Waals surface area (Å²) in [6, 6.07) is 8.41. The third-order valence-electron chi connectivity index (χ3n) is 6.31. The van der Waals surface area contributed by atoms with Crippen molar-refractivity contribution in [3.63, 3.8) is 0 Å². The van der Waals surface area contributed by atoms with Gasteiger partial charge in [-0.3, -0.25) is 9.08 Å². The van der Waals surface area contributed by atoms with E-state index in [4.69, 9.17) is 13.9 Å². The third kappa shape index (κ3) is 5.41. The molecule has 1 aliphatic rings. The minimum Gasteiger partial charge on any atom is -0.378 e. The maximum Gasteiger partial charge on any atom is 0.264 e. The monoisotopic (exact) mass is 487 g/mol. The maximum atomic E-state index is 11.3. The van der Waals surface area contributed by atoms with Crippen LogP contribution in [-0.2, 0) is 32.0 Å². The molecule has 3 heterocycles. The largest absolute Gasteiger partial charge is 0.378 e. The lowest BCUT2D eigenvalue weighted by atomic mass is 10.0. The molecule has 0 spiro atoms. The normalized spacial score (nSPS) is 15.6. The number of aryl methyl sites for hydroxylation is 2. The quantitative estimate of drug-likeness (QED) is 0.325. The molecule has 0 aliphatic carbocycles. The van der Waals surface area contributed by atoms with Gasteiger partial charge in [-0.2, -0.15) is 8.42 Å². The van der Waals surface area contributed by atoms with Gasteiger partial charge < -0.3 is 14.6 Å². The highest BCUT2D eigenvalue weighted by molar-refractivity contribution is 7.85. The molecule has 3 aromatic rings. The van der Waals surface area contributed by atoms with Gasteiger partial charge in [-0.15, -0.1) is 0 Å². The standard InChI is InChI=1S/C24H33N5O4S/c1-5-21(32-3)23(28(2)14-15-33-34(4,30)31)27-24-25-12-11-20(26-24)19-16-29-13-7-9-17-8-6-10-18(19)22(17)29/h6,8,10-12,16,21,23H,5,7,9,13-15H2,1-4H3,(H,25,26,27). The van der Waals surface area contributed by atoms with Gasteiger partial charge in [-0.05, 0) is 37.9 Å². The number of nitrogens with one attached hydrogen (secondary N) is 1. The average molecular weight is 488 g/mol. The first-order valence-electron chi connectivity index (χ1n) is 11.6. The second-order valence-corrected chi connectivity index (χ2v) is 10.3. The highest BCUT2D eigenvalue weighted by Crippen LogP contribution is 2.34. The van der Waals surface area contributed by atoms with Gasteiger partial charge in [0, 0.05) is 43.5 Å². The number of nitrogens with zero attached hydrogens (tertiary/aromatic N) is 4. The van der Waals surface area contributed by atoms with Crippen molar-refractivity contribution < 1.29 is 17.3 Å². The molecule has 1 aliphatic heterocycles. The summed E-state index contributed by atoms with van der Waals surface area (Å²) in [5.41, 5.74) is 4.62. The van der Waals surface area contributed by atoms with E-state index in [2.05, 4.69) is 39.3 Å². The molecule has 0 fully saturated rings. The van der Waals surface area contributed by atoms with Crippen LogP contribution >= 0.6 is 0 Å². The number of rotatable bonds is 11. The molecule has 2 unspecified atom stereocenters. The zero-order chi connectivity index (χ0) is 24.3. The zero-order valence-electron chi connectivity index (χ0n) is 20.2. The summed E-state index contributed by atoms with van der Waals surface area (Å²) in [5, 5.41) is 4.60. The van der Waals surface area contributed by atoms with Crippen LogP contribution in [-0.4, -0.2) is 73.7 Å². The maximum absolute atomic E-state index is 11.3. The van der Waals surface area contributed by atoms with E-state index in [9.17, 15) is 8.42 Å². The number of hydrogen-bond donors (Lipinski definition) is 1. The van der Waals surface area contributed by atoms with Crippen molar-refractivity contribution in [1.29, 1.82) is 0 Å². The Morgan fingerprint density at radius 3 is 2.85 bits per heavy atom. The molecule has 0 amide bonds. The Morgan fingerprint density at radius 2 is 2.12 bits per heavy atom. The number of para-hydroxylation sites is 1. The Kier molecular flexibility index (Phi) is 7.51. The van der Waals surface area contributed by atoms with Gasteiger partial charge in [-0.25, -0.2) is 9.97 Å². The molecule has 0 saturated heterocycles. The molecule has 0 radical (unpaired) electrons. The van der Waals surface area contributed by atoms with E-state index in [0.717, 1.165) is 43.3 Å². The molecule has 34 heavy (non-hydrogen) atoms. The number of methoxy groups -OCH3 is 1. The molecular weight excluding hydrogens is 454 g/mol. The second-order valence-electron chi connectivity index (χ2n) is 8.70. The van der Waals surface area contributed by atoms with E-state index in [-0.39, 0.29) is 18.9 Å². The first-order valence-corrected chi connectivity index (χ1v) is 13.4. The van der Waals surface area contributed by atoms with Crippen LogP contribution in [0, 0.1) is 0 Å². The SMILES string of the molecule is CCC(OC)C(Nc1nccc(-c2cn3c4c(cccc24)CCC3)n1)N(C)CCOS(C)(=O)=O. The van der Waals surface area contributed by atoms with E-state index in [1.807, 2.05) is 24.9 Å². The fourth-order valence-corrected chi connectivity index (χ4v) is 5.03. The Morgan fingerprint density at radius 1 is 1.29 bits per heavy atom. The van der Waals surface area contributed by atoms with Crippen molar-refractivity contribution >= 4 is 27.0 Å². The summed E-state index contributed by atoms with van der Waals surface area (Å²) < 4.78 is 35.6. The van der Waals surface area contributed by atoms with Crippen LogP contribution in [0.25, 0.3) is 22.2 Å². The van der Waals surface area contributed by atoms with Crippen LogP contribution in [0.15, 0.2) is 36.7 Å². The summed E-state index contributed by atoms with van der Waals surface area (Å²) in [7, 11) is 0.0560. The van der Waals surface area contributed by atoms with E-state index in [0.29, 0.717) is 12.5 Å². The van der Waals surface area contributed by atoms with E-state index < -0.39 is 10.1 Å². The average Bonchev–Trinajstić information content (AvgIpc) is 3.19. The van der Waals surface area contributed by atoms with Gasteiger partial charge in [0.15, 0.2) is 0 Å². The fraction of sp³-hybridized carbons (Fsp3) is 0.500. The molecule has 1 N–H and O–H groups in total. The highest BCUT2D eigenvalue weighted by Gasteiger charge is 2.26. The van der Waals surface area contributed by atoms with Crippen molar-refractivity contribution in [1.82, 2.24) is 19.4 Å². The topological polar surface area (TPSA) is 98.6 Å². The number of ether oxygens (including phenoxy) is 1. The Labute approximate surface area is 201 Å². The van der Waals surface area contributed by atoms with Gasteiger partial charge in [0.25, 0.3) is 10.1 Å². The Balaban J connectivity index is 1.60. The number of hydrogen-bond acceptors (Lipinski definition) is 8. The summed E-state index contributed by atoms with van der Waals surface area (Å²) >= 11 is 0. The van der Waals surface area contributed by atoms with Gasteiger partial charge in [0.05, 0.1) is 30.2 Å². The van der Waals surface area contributed by atoms with E-state index in [1.165, 1.54) is 16.5 Å². The van der Waals surface area contributed by atoms with Crippen LogP contribution in [0.5, 0.6) is 0 Å². The number of anilines is 1. The lowest BCUT2D eigenvalue weighted by Crippen LogP contribution is -2.49. The zero-order valence-corrected chi connectivity index (χ0v) is 21.0. The fourth-order valence-electron chi connectivity index (χ4n) is 4.65. The molecule has 2 aromatic heterocycles. The van der Waals surface area contributed by atoms with Crippen molar-refractivity contribution in [2.24, 2.45) is 0 Å². The minimum absolute atomic E-state index is 0.0520. The second kappa shape index (κ2) is 10.4. The molecule has 0 saturated carbocycles. The van der Waals surface area contributed by atoms with Gasteiger partial charge in [-0.1, -0.05) is 25.1 Å². The minimum atomic E-state index is -3.49. The molecule has 1 aromatic carbocycles. The number of likely N-dealkylation sites (N-methyl/N-ethyl adjacent to an activating group) is 1. The van der Waals surface area contributed by atoms with Crippen LogP contribution in [0.1, 0.15) is 25.3 Å². The number of benzene rings is 1. The molecular formula is C24H33N5O4S.